The van der Waals surface area contributed by atoms with Crippen molar-refractivity contribution in [1.82, 2.24) is 14.8 Å². The Kier molecular flexibility index (Phi) is 4.94. The molecule has 0 fully saturated rings. The van der Waals surface area contributed by atoms with Crippen molar-refractivity contribution in [1.29, 1.82) is 0 Å². The Morgan fingerprint density at radius 2 is 1.90 bits per heavy atom. The van der Waals surface area contributed by atoms with Crippen LogP contribution in [0.5, 0.6) is 0 Å². The van der Waals surface area contributed by atoms with Gasteiger partial charge in [0.25, 0.3) is 0 Å². The molecule has 0 bridgehead atoms. The molecular weight excluding hydrogens is 392 g/mol. The van der Waals surface area contributed by atoms with Crippen LogP contribution in [0.15, 0.2) is 64.5 Å². The van der Waals surface area contributed by atoms with E-state index in [1.165, 1.54) is 4.57 Å². The van der Waals surface area contributed by atoms with E-state index in [9.17, 15) is 9.59 Å². The summed E-state index contributed by atoms with van der Waals surface area (Å²) in [5.74, 6) is -0.442. The van der Waals surface area contributed by atoms with Gasteiger partial charge in [-0.1, -0.05) is 54.1 Å². The average molecular weight is 411 g/mol. The fourth-order valence-corrected chi connectivity index (χ4v) is 3.54. The van der Waals surface area contributed by atoms with Gasteiger partial charge in [0.15, 0.2) is 0 Å². The van der Waals surface area contributed by atoms with Crippen LogP contribution < -0.4 is 16.4 Å². The van der Waals surface area contributed by atoms with Crippen molar-refractivity contribution in [2.24, 2.45) is 10.8 Å². The van der Waals surface area contributed by atoms with Crippen molar-refractivity contribution in [2.75, 3.05) is 11.6 Å². The molecule has 1 aromatic heterocycles. The highest BCUT2D eigenvalue weighted by molar-refractivity contribution is 6.30. The molecule has 29 heavy (non-hydrogen) atoms. The molecule has 148 valence electrons. The lowest BCUT2D eigenvalue weighted by atomic mass is 9.91. The molecule has 0 radical (unpaired) electrons. The third-order valence-corrected chi connectivity index (χ3v) is 5.22. The van der Waals surface area contributed by atoms with Gasteiger partial charge in [-0.2, -0.15) is 5.10 Å². The fraction of sp³-hybridized carbons (Fsp3) is 0.200. The summed E-state index contributed by atoms with van der Waals surface area (Å²) in [5, 5.41) is 13.5. The first-order valence-corrected chi connectivity index (χ1v) is 9.46. The van der Waals surface area contributed by atoms with Crippen LogP contribution in [0.2, 0.25) is 5.02 Å². The van der Waals surface area contributed by atoms with Crippen LogP contribution in [0.3, 0.4) is 0 Å². The summed E-state index contributed by atoms with van der Waals surface area (Å²) >= 11 is 6.04. The molecule has 9 heteroatoms. The number of halogens is 1. The van der Waals surface area contributed by atoms with Crippen LogP contribution >= 0.6 is 11.6 Å². The summed E-state index contributed by atoms with van der Waals surface area (Å²) < 4.78 is 1.22. The number of nitrogens with zero attached hydrogens (tertiary/aromatic N) is 4. The SMILES string of the molecule is C[C@H](C(N)=O)n1c(N2C[C@H](c3ccccc3)C(c3ccc(Cl)cc3)=N2)n[nH]c1=O. The number of hydrogen-bond donors (Lipinski definition) is 2. The van der Waals surface area contributed by atoms with Gasteiger partial charge in [0.05, 0.1) is 12.3 Å². The Balaban J connectivity index is 1.80. The van der Waals surface area contributed by atoms with Crippen molar-refractivity contribution >= 4 is 29.2 Å². The van der Waals surface area contributed by atoms with Gasteiger partial charge in [-0.25, -0.2) is 19.5 Å². The molecule has 2 atom stereocenters. The molecule has 1 aliphatic heterocycles. The molecule has 2 aromatic carbocycles. The van der Waals surface area contributed by atoms with Crippen molar-refractivity contribution in [3.8, 4) is 0 Å². The van der Waals surface area contributed by atoms with Gasteiger partial charge in [-0.05, 0) is 30.2 Å². The van der Waals surface area contributed by atoms with Gasteiger partial charge >= 0.3 is 5.69 Å². The van der Waals surface area contributed by atoms with E-state index in [-0.39, 0.29) is 11.9 Å². The van der Waals surface area contributed by atoms with E-state index in [0.717, 1.165) is 16.8 Å². The van der Waals surface area contributed by atoms with Crippen LogP contribution in [0.1, 0.15) is 30.0 Å². The molecule has 0 aliphatic carbocycles. The Morgan fingerprint density at radius 3 is 2.55 bits per heavy atom. The highest BCUT2D eigenvalue weighted by atomic mass is 35.5. The van der Waals surface area contributed by atoms with E-state index in [1.54, 1.807) is 11.9 Å². The molecule has 0 saturated carbocycles. The summed E-state index contributed by atoms with van der Waals surface area (Å²) in [7, 11) is 0. The number of benzene rings is 2. The number of carbonyl (C=O) groups is 1. The highest BCUT2D eigenvalue weighted by Gasteiger charge is 2.33. The molecule has 3 N–H and O–H groups in total. The Hall–Kier alpha value is -3.39. The van der Waals surface area contributed by atoms with E-state index in [1.807, 2.05) is 54.6 Å². The second-order valence-corrected chi connectivity index (χ2v) is 7.25. The molecule has 1 amide bonds. The van der Waals surface area contributed by atoms with Crippen LogP contribution in [0.25, 0.3) is 0 Å². The number of rotatable bonds is 5. The largest absolute Gasteiger partial charge is 0.368 e. The van der Waals surface area contributed by atoms with Crippen molar-refractivity contribution < 1.29 is 4.79 Å². The van der Waals surface area contributed by atoms with Gasteiger partial charge in [-0.15, -0.1) is 5.10 Å². The monoisotopic (exact) mass is 410 g/mol. The molecule has 0 spiro atoms. The van der Waals surface area contributed by atoms with E-state index >= 15 is 0 Å². The summed E-state index contributed by atoms with van der Waals surface area (Å²) in [6.45, 7) is 2.01. The number of primary amides is 1. The molecular formula is C20H19ClN6O2. The second-order valence-electron chi connectivity index (χ2n) is 6.81. The first kappa shape index (κ1) is 18.9. The summed E-state index contributed by atoms with van der Waals surface area (Å²) in [6, 6.07) is 16.5. The fourth-order valence-electron chi connectivity index (χ4n) is 3.41. The minimum absolute atomic E-state index is 0.0542. The number of amides is 1. The predicted octanol–water partition coefficient (Wildman–Crippen LogP) is 2.28. The minimum Gasteiger partial charge on any atom is -0.368 e. The minimum atomic E-state index is -0.860. The Labute approximate surface area is 171 Å². The van der Waals surface area contributed by atoms with Crippen molar-refractivity contribution in [2.45, 2.75) is 18.9 Å². The van der Waals surface area contributed by atoms with E-state index in [0.29, 0.717) is 11.6 Å². The first-order chi connectivity index (χ1) is 14.0. The predicted molar refractivity (Wildman–Crippen MR) is 111 cm³/mol. The topological polar surface area (TPSA) is 109 Å². The molecule has 2 heterocycles. The quantitative estimate of drug-likeness (QED) is 0.672. The van der Waals surface area contributed by atoms with Crippen molar-refractivity contribution in [3.05, 3.63) is 81.2 Å². The van der Waals surface area contributed by atoms with Gasteiger partial charge in [0.2, 0.25) is 11.9 Å². The zero-order valence-electron chi connectivity index (χ0n) is 15.6. The van der Waals surface area contributed by atoms with Gasteiger partial charge in [0, 0.05) is 10.9 Å². The van der Waals surface area contributed by atoms with E-state index in [2.05, 4.69) is 10.2 Å². The molecule has 0 unspecified atom stereocenters. The van der Waals surface area contributed by atoms with Crippen molar-refractivity contribution in [3.63, 3.8) is 0 Å². The maximum absolute atomic E-state index is 12.2. The number of anilines is 1. The zero-order chi connectivity index (χ0) is 20.5. The van der Waals surface area contributed by atoms with Crippen LogP contribution in [0.4, 0.5) is 5.95 Å². The number of aromatic amines is 1. The lowest BCUT2D eigenvalue weighted by Gasteiger charge is -2.18. The summed E-state index contributed by atoms with van der Waals surface area (Å²) in [4.78, 5) is 23.9. The third-order valence-electron chi connectivity index (χ3n) is 4.97. The summed E-state index contributed by atoms with van der Waals surface area (Å²) in [5.41, 5.74) is 7.71. The second kappa shape index (κ2) is 7.56. The maximum Gasteiger partial charge on any atom is 0.345 e. The van der Waals surface area contributed by atoms with E-state index in [4.69, 9.17) is 22.4 Å². The standard InChI is InChI=1S/C20H19ClN6O2/c1-12(18(22)28)27-19(23-24-20(27)29)26-11-16(13-5-3-2-4-6-13)17(25-26)14-7-9-15(21)10-8-14/h2-10,12,16H,11H2,1H3,(H2,22,28)(H,24,29)/t12-,16-/m1/s1. The Bertz CT molecular complexity index is 1120. The van der Waals surface area contributed by atoms with Crippen LogP contribution in [0, 0.1) is 0 Å². The number of carbonyl (C=O) groups excluding carboxylic acids is 1. The first-order valence-electron chi connectivity index (χ1n) is 9.09. The van der Waals surface area contributed by atoms with Gasteiger partial charge in [-0.3, -0.25) is 4.79 Å². The van der Waals surface area contributed by atoms with Gasteiger partial charge < -0.3 is 5.73 Å². The average Bonchev–Trinajstić information content (AvgIpc) is 3.32. The lowest BCUT2D eigenvalue weighted by Crippen LogP contribution is -2.33. The number of hydrogen-bond acceptors (Lipinski definition) is 5. The van der Waals surface area contributed by atoms with Gasteiger partial charge in [0.1, 0.15) is 6.04 Å². The zero-order valence-corrected chi connectivity index (χ0v) is 16.4. The third kappa shape index (κ3) is 3.54. The molecule has 1 aliphatic rings. The number of aromatic nitrogens is 3. The highest BCUT2D eigenvalue weighted by Crippen LogP contribution is 2.31. The molecule has 8 nitrogen and oxygen atoms in total. The molecule has 3 aromatic rings. The smallest absolute Gasteiger partial charge is 0.345 e. The molecule has 4 rings (SSSR count). The number of hydrazone groups is 1. The molecule has 0 saturated heterocycles. The normalized spacial score (nSPS) is 17.2. The van der Waals surface area contributed by atoms with Crippen LogP contribution in [-0.4, -0.2) is 32.9 Å². The number of H-pyrrole nitrogens is 1. The Morgan fingerprint density at radius 1 is 1.21 bits per heavy atom. The van der Waals surface area contributed by atoms with Crippen LogP contribution in [-0.2, 0) is 4.79 Å². The number of nitrogens with two attached hydrogens (primary N) is 1. The summed E-state index contributed by atoms with van der Waals surface area (Å²) in [6.07, 6.45) is 0. The lowest BCUT2D eigenvalue weighted by molar-refractivity contribution is -0.120. The van der Waals surface area contributed by atoms with E-state index < -0.39 is 17.6 Å². The maximum atomic E-state index is 12.2. The number of nitrogens with one attached hydrogen (secondary N) is 1.